The fourth-order valence-corrected chi connectivity index (χ4v) is 2.39. The Hall–Kier alpha value is -0.530. The molecule has 2 N–H and O–H groups in total. The minimum absolute atomic E-state index is 0.393. The van der Waals surface area contributed by atoms with Gasteiger partial charge >= 0.3 is 0 Å². The van der Waals surface area contributed by atoms with E-state index < -0.39 is 0 Å². The van der Waals surface area contributed by atoms with Gasteiger partial charge in [-0.2, -0.15) is 0 Å². The van der Waals surface area contributed by atoms with Gasteiger partial charge in [-0.3, -0.25) is 0 Å². The predicted octanol–water partition coefficient (Wildman–Crippen LogP) is 3.32. The van der Waals surface area contributed by atoms with Gasteiger partial charge in [-0.05, 0) is 42.9 Å². The molecule has 1 fully saturated rings. The van der Waals surface area contributed by atoms with Crippen LogP contribution in [0.15, 0.2) is 24.3 Å². The summed E-state index contributed by atoms with van der Waals surface area (Å²) in [5, 5.41) is 0.814. The van der Waals surface area contributed by atoms with Crippen molar-refractivity contribution in [1.82, 2.24) is 0 Å². The second-order valence-corrected chi connectivity index (χ2v) is 4.61. The molecule has 1 aliphatic carbocycles. The third-order valence-electron chi connectivity index (χ3n) is 3.06. The summed E-state index contributed by atoms with van der Waals surface area (Å²) in [5.74, 6) is 0.649. The van der Waals surface area contributed by atoms with Crippen LogP contribution in [0.25, 0.3) is 0 Å². The molecular weight excluding hydrogens is 194 g/mol. The van der Waals surface area contributed by atoms with E-state index in [9.17, 15) is 0 Å². The summed E-state index contributed by atoms with van der Waals surface area (Å²) in [4.78, 5) is 0. The molecule has 2 rings (SSSR count). The van der Waals surface area contributed by atoms with Crippen LogP contribution in [-0.4, -0.2) is 6.04 Å². The van der Waals surface area contributed by atoms with Crippen molar-refractivity contribution in [3.05, 3.63) is 34.9 Å². The second kappa shape index (κ2) is 4.33. The van der Waals surface area contributed by atoms with Gasteiger partial charge in [-0.25, -0.2) is 0 Å². The molecule has 76 valence electrons. The highest BCUT2D eigenvalue weighted by Crippen LogP contribution is 2.32. The van der Waals surface area contributed by atoms with Gasteiger partial charge in [-0.1, -0.05) is 30.2 Å². The lowest BCUT2D eigenvalue weighted by Gasteiger charge is -2.26. The highest BCUT2D eigenvalue weighted by molar-refractivity contribution is 6.30. The van der Waals surface area contributed by atoms with Gasteiger partial charge in [-0.15, -0.1) is 0 Å². The number of hydrogen-bond donors (Lipinski definition) is 1. The molecule has 2 heteroatoms. The number of rotatable bonds is 1. The first kappa shape index (κ1) is 10.0. The summed E-state index contributed by atoms with van der Waals surface area (Å²) >= 11 is 5.85. The largest absolute Gasteiger partial charge is 0.328 e. The lowest BCUT2D eigenvalue weighted by Crippen LogP contribution is -2.26. The van der Waals surface area contributed by atoms with Crippen LogP contribution in [0.4, 0.5) is 0 Å². The van der Waals surface area contributed by atoms with Gasteiger partial charge in [0, 0.05) is 11.1 Å². The van der Waals surface area contributed by atoms with Crippen molar-refractivity contribution in [2.24, 2.45) is 5.73 Å². The van der Waals surface area contributed by atoms with E-state index in [4.69, 9.17) is 17.3 Å². The first-order chi connectivity index (χ1) is 6.75. The van der Waals surface area contributed by atoms with Crippen LogP contribution in [0.5, 0.6) is 0 Å². The van der Waals surface area contributed by atoms with Crippen molar-refractivity contribution in [1.29, 1.82) is 0 Å². The Morgan fingerprint density at radius 1 is 1.14 bits per heavy atom. The van der Waals surface area contributed by atoms with Crippen LogP contribution in [0.3, 0.4) is 0 Å². The van der Waals surface area contributed by atoms with Crippen molar-refractivity contribution in [2.75, 3.05) is 0 Å². The van der Waals surface area contributed by atoms with E-state index in [1.807, 2.05) is 12.1 Å². The minimum Gasteiger partial charge on any atom is -0.328 e. The monoisotopic (exact) mass is 209 g/mol. The third kappa shape index (κ3) is 2.28. The molecule has 1 saturated carbocycles. The molecule has 0 radical (unpaired) electrons. The fourth-order valence-electron chi connectivity index (χ4n) is 2.27. The predicted molar refractivity (Wildman–Crippen MR) is 60.6 cm³/mol. The van der Waals surface area contributed by atoms with E-state index in [1.165, 1.54) is 24.8 Å². The molecule has 1 aliphatic rings. The molecule has 0 aromatic heterocycles. The molecule has 0 amide bonds. The summed E-state index contributed by atoms with van der Waals surface area (Å²) in [6.45, 7) is 0. The van der Waals surface area contributed by atoms with Crippen LogP contribution in [0.2, 0.25) is 5.02 Å². The van der Waals surface area contributed by atoms with Crippen LogP contribution in [-0.2, 0) is 0 Å². The molecule has 0 bridgehead atoms. The Morgan fingerprint density at radius 3 is 2.50 bits per heavy atom. The molecule has 14 heavy (non-hydrogen) atoms. The smallest absolute Gasteiger partial charge is 0.0406 e. The molecule has 1 nitrogen and oxygen atoms in total. The zero-order valence-electron chi connectivity index (χ0n) is 8.25. The molecule has 0 aliphatic heterocycles. The van der Waals surface area contributed by atoms with Crippen molar-refractivity contribution in [3.8, 4) is 0 Å². The molecule has 1 aromatic carbocycles. The maximum Gasteiger partial charge on any atom is 0.0406 e. The second-order valence-electron chi connectivity index (χ2n) is 4.18. The van der Waals surface area contributed by atoms with Crippen LogP contribution in [0.1, 0.15) is 37.2 Å². The van der Waals surface area contributed by atoms with E-state index in [2.05, 4.69) is 12.1 Å². The zero-order valence-corrected chi connectivity index (χ0v) is 9.00. The van der Waals surface area contributed by atoms with Gasteiger partial charge < -0.3 is 5.73 Å². The quantitative estimate of drug-likeness (QED) is 0.755. The summed E-state index contributed by atoms with van der Waals surface area (Å²) in [5.41, 5.74) is 7.36. The van der Waals surface area contributed by atoms with Crippen LogP contribution < -0.4 is 5.73 Å². The van der Waals surface area contributed by atoms with Gasteiger partial charge in [0.15, 0.2) is 0 Å². The number of halogens is 1. The van der Waals surface area contributed by atoms with Gasteiger partial charge in [0.25, 0.3) is 0 Å². The molecule has 0 unspecified atom stereocenters. The van der Waals surface area contributed by atoms with E-state index in [0.717, 1.165) is 11.4 Å². The number of hydrogen-bond acceptors (Lipinski definition) is 1. The average molecular weight is 210 g/mol. The Morgan fingerprint density at radius 2 is 1.86 bits per heavy atom. The molecule has 0 heterocycles. The standard InChI is InChI=1S/C12H16ClN/c13-11-6-4-9(5-7-11)10-2-1-3-12(14)8-10/h4-7,10,12H,1-3,8,14H2/t10-,12-/m0/s1. The number of nitrogens with two attached hydrogens (primary N) is 1. The highest BCUT2D eigenvalue weighted by Gasteiger charge is 2.20. The highest BCUT2D eigenvalue weighted by atomic mass is 35.5. The molecule has 0 spiro atoms. The molecular formula is C12H16ClN. The van der Waals surface area contributed by atoms with Crippen molar-refractivity contribution in [2.45, 2.75) is 37.6 Å². The van der Waals surface area contributed by atoms with Gasteiger partial charge in [0.05, 0.1) is 0 Å². The Bertz CT molecular complexity index is 294. The van der Waals surface area contributed by atoms with E-state index in [0.29, 0.717) is 12.0 Å². The van der Waals surface area contributed by atoms with Crippen molar-refractivity contribution in [3.63, 3.8) is 0 Å². The molecule has 2 atom stereocenters. The SMILES string of the molecule is N[C@H]1CCC[C@H](c2ccc(Cl)cc2)C1. The van der Waals surface area contributed by atoms with Crippen LogP contribution >= 0.6 is 11.6 Å². The van der Waals surface area contributed by atoms with Crippen LogP contribution in [0, 0.1) is 0 Å². The maximum atomic E-state index is 5.97. The topological polar surface area (TPSA) is 26.0 Å². The normalized spacial score (nSPS) is 27.6. The fraction of sp³-hybridized carbons (Fsp3) is 0.500. The first-order valence-corrected chi connectivity index (χ1v) is 5.64. The zero-order chi connectivity index (χ0) is 9.97. The van der Waals surface area contributed by atoms with Crippen molar-refractivity contribution >= 4 is 11.6 Å². The maximum absolute atomic E-state index is 5.97. The molecule has 1 aromatic rings. The summed E-state index contributed by atoms with van der Waals surface area (Å²) in [7, 11) is 0. The minimum atomic E-state index is 0.393. The van der Waals surface area contributed by atoms with E-state index >= 15 is 0 Å². The Kier molecular flexibility index (Phi) is 3.09. The summed E-state index contributed by atoms with van der Waals surface area (Å²) in [6, 6.07) is 8.59. The van der Waals surface area contributed by atoms with E-state index in [1.54, 1.807) is 0 Å². The lowest BCUT2D eigenvalue weighted by molar-refractivity contribution is 0.393. The van der Waals surface area contributed by atoms with Gasteiger partial charge in [0.2, 0.25) is 0 Å². The first-order valence-electron chi connectivity index (χ1n) is 5.27. The van der Waals surface area contributed by atoms with Crippen molar-refractivity contribution < 1.29 is 0 Å². The van der Waals surface area contributed by atoms with Gasteiger partial charge in [0.1, 0.15) is 0 Å². The Balaban J connectivity index is 2.10. The summed E-state index contributed by atoms with van der Waals surface area (Å²) in [6.07, 6.45) is 4.84. The number of benzene rings is 1. The Labute approximate surface area is 90.3 Å². The third-order valence-corrected chi connectivity index (χ3v) is 3.31. The molecule has 0 saturated heterocycles. The average Bonchev–Trinajstić information content (AvgIpc) is 2.19. The van der Waals surface area contributed by atoms with E-state index in [-0.39, 0.29) is 0 Å². The lowest BCUT2D eigenvalue weighted by atomic mass is 9.82. The summed E-state index contributed by atoms with van der Waals surface area (Å²) < 4.78 is 0.